The molecule has 0 atom stereocenters. The van der Waals surface area contributed by atoms with E-state index in [-0.39, 0.29) is 10.8 Å². The van der Waals surface area contributed by atoms with Crippen LogP contribution in [0.15, 0.2) is 188 Å². The Bertz CT molecular complexity index is 2930. The zero-order valence-corrected chi connectivity index (χ0v) is 32.8. The Labute approximate surface area is 335 Å². The van der Waals surface area contributed by atoms with Crippen LogP contribution in [-0.2, 0) is 10.8 Å². The predicted octanol–water partition coefficient (Wildman–Crippen LogP) is 15.4. The molecule has 0 aliphatic heterocycles. The molecule has 0 heterocycles. The van der Waals surface area contributed by atoms with Crippen molar-refractivity contribution in [2.75, 3.05) is 4.90 Å². The number of fused-ring (bicyclic) bond motifs is 10. The highest BCUT2D eigenvalue weighted by molar-refractivity contribution is 6.11. The van der Waals surface area contributed by atoms with Crippen LogP contribution in [0.1, 0.15) is 49.9 Å². The van der Waals surface area contributed by atoms with Crippen molar-refractivity contribution in [2.45, 2.75) is 38.5 Å². The summed E-state index contributed by atoms with van der Waals surface area (Å²) in [6.07, 6.45) is 0. The lowest BCUT2D eigenvalue weighted by Crippen LogP contribution is -2.18. The Hall–Kier alpha value is -6.70. The Balaban J connectivity index is 1.33. The van der Waals surface area contributed by atoms with Gasteiger partial charge in [-0.1, -0.05) is 198 Å². The molecule has 0 fully saturated rings. The van der Waals surface area contributed by atoms with Gasteiger partial charge in [0.25, 0.3) is 0 Å². The molecule has 2 aliphatic carbocycles. The van der Waals surface area contributed by atoms with E-state index >= 15 is 0 Å². The second-order valence-electron chi connectivity index (χ2n) is 16.8. The smallest absolute Gasteiger partial charge is 0.0550 e. The van der Waals surface area contributed by atoms with E-state index in [4.69, 9.17) is 0 Å². The molecule has 0 unspecified atom stereocenters. The molecule has 57 heavy (non-hydrogen) atoms. The monoisotopic (exact) mass is 729 g/mol. The summed E-state index contributed by atoms with van der Waals surface area (Å²) in [5.74, 6) is 0. The third-order valence-corrected chi connectivity index (χ3v) is 13.0. The molecule has 0 amide bonds. The molecular weight excluding hydrogens is 687 g/mol. The van der Waals surface area contributed by atoms with Crippen LogP contribution in [-0.4, -0.2) is 0 Å². The number of hydrogen-bond acceptors (Lipinski definition) is 1. The van der Waals surface area contributed by atoms with Gasteiger partial charge in [-0.2, -0.15) is 0 Å². The van der Waals surface area contributed by atoms with Gasteiger partial charge in [0.2, 0.25) is 0 Å². The third kappa shape index (κ3) is 4.82. The highest BCUT2D eigenvalue weighted by Gasteiger charge is 2.43. The van der Waals surface area contributed by atoms with Crippen molar-refractivity contribution in [2.24, 2.45) is 0 Å². The van der Waals surface area contributed by atoms with Crippen LogP contribution >= 0.6 is 0 Å². The van der Waals surface area contributed by atoms with Crippen molar-refractivity contribution >= 4 is 38.6 Å². The van der Waals surface area contributed by atoms with E-state index in [2.05, 4.69) is 221 Å². The number of para-hydroxylation sites is 1. The summed E-state index contributed by atoms with van der Waals surface area (Å²) >= 11 is 0. The Morgan fingerprint density at radius 1 is 0.333 bits per heavy atom. The van der Waals surface area contributed by atoms with Crippen LogP contribution in [0.25, 0.3) is 66.1 Å². The van der Waals surface area contributed by atoms with Crippen LogP contribution in [0.5, 0.6) is 0 Å². The predicted molar refractivity (Wildman–Crippen MR) is 242 cm³/mol. The SMILES string of the molecule is CC1(C)c2ccccc2-c2c(N(c3ccccc3-c3ccccc3-c3ccccc3)c3cc4ccccc4c4c3-c3ccccc3C4(C)C)cc3ccccc3c21. The maximum Gasteiger partial charge on any atom is 0.0550 e. The first-order valence-corrected chi connectivity index (χ1v) is 20.2. The minimum absolute atomic E-state index is 0.202. The van der Waals surface area contributed by atoms with E-state index in [0.29, 0.717) is 0 Å². The first-order valence-electron chi connectivity index (χ1n) is 20.2. The van der Waals surface area contributed by atoms with Crippen LogP contribution in [0, 0.1) is 0 Å². The molecular formula is C56H43N. The van der Waals surface area contributed by atoms with E-state index in [0.717, 1.165) is 5.69 Å². The van der Waals surface area contributed by atoms with Gasteiger partial charge in [-0.15, -0.1) is 0 Å². The summed E-state index contributed by atoms with van der Waals surface area (Å²) in [7, 11) is 0. The van der Waals surface area contributed by atoms with Gasteiger partial charge in [0.05, 0.1) is 17.1 Å². The molecule has 9 aromatic rings. The first-order chi connectivity index (χ1) is 27.8. The summed E-state index contributed by atoms with van der Waals surface area (Å²) in [4.78, 5) is 2.64. The molecule has 0 radical (unpaired) electrons. The van der Waals surface area contributed by atoms with Gasteiger partial charge in [-0.05, 0) is 89.8 Å². The van der Waals surface area contributed by atoms with Crippen LogP contribution < -0.4 is 4.90 Å². The van der Waals surface area contributed by atoms with Crippen LogP contribution in [0.2, 0.25) is 0 Å². The van der Waals surface area contributed by atoms with Gasteiger partial charge in [0.1, 0.15) is 0 Å². The fraction of sp³-hybridized carbons (Fsp3) is 0.107. The average molecular weight is 730 g/mol. The molecule has 11 rings (SSSR count). The van der Waals surface area contributed by atoms with Crippen molar-refractivity contribution in [1.29, 1.82) is 0 Å². The van der Waals surface area contributed by atoms with E-state index in [1.165, 1.54) is 99.7 Å². The van der Waals surface area contributed by atoms with Crippen LogP contribution in [0.4, 0.5) is 17.1 Å². The number of benzene rings is 9. The molecule has 0 aromatic heterocycles. The minimum Gasteiger partial charge on any atom is -0.309 e. The van der Waals surface area contributed by atoms with E-state index in [1.54, 1.807) is 0 Å². The summed E-state index contributed by atoms with van der Waals surface area (Å²) < 4.78 is 0. The average Bonchev–Trinajstić information content (AvgIpc) is 3.65. The quantitative estimate of drug-likeness (QED) is 0.170. The lowest BCUT2D eigenvalue weighted by molar-refractivity contribution is 0.666. The fourth-order valence-corrected chi connectivity index (χ4v) is 10.5. The number of rotatable bonds is 5. The highest BCUT2D eigenvalue weighted by atomic mass is 15.2. The van der Waals surface area contributed by atoms with E-state index in [1.807, 2.05) is 0 Å². The number of anilines is 3. The lowest BCUT2D eigenvalue weighted by atomic mass is 9.79. The standard InChI is InChI=1S/C56H43N/c1-55(2)46-31-17-14-29-44(46)51-49(34-37-22-8-10-25-40(37)53(51)55)57(48-33-19-16-28-43(48)42-27-13-12-24-39(42)36-20-6-5-7-21-36)50-35-38-23-9-11-26-41(38)54-52(50)45-30-15-18-32-47(45)56(54,3)4/h5-35H,1-4H3. The number of hydrogen-bond donors (Lipinski definition) is 0. The van der Waals surface area contributed by atoms with Gasteiger partial charge < -0.3 is 4.90 Å². The number of nitrogens with zero attached hydrogens (tertiary/aromatic N) is 1. The normalized spacial score (nSPS) is 14.2. The summed E-state index contributed by atoms with van der Waals surface area (Å²) in [6.45, 7) is 9.65. The fourth-order valence-electron chi connectivity index (χ4n) is 10.5. The Morgan fingerprint density at radius 2 is 0.737 bits per heavy atom. The minimum atomic E-state index is -0.202. The second kappa shape index (κ2) is 12.4. The van der Waals surface area contributed by atoms with Crippen molar-refractivity contribution < 1.29 is 0 Å². The Morgan fingerprint density at radius 3 is 1.28 bits per heavy atom. The molecule has 9 aromatic carbocycles. The molecule has 0 saturated carbocycles. The van der Waals surface area contributed by atoms with Gasteiger partial charge in [-0.3, -0.25) is 0 Å². The van der Waals surface area contributed by atoms with Crippen molar-refractivity contribution in [3.8, 4) is 44.5 Å². The molecule has 0 N–H and O–H groups in total. The third-order valence-electron chi connectivity index (χ3n) is 13.0. The molecule has 2 aliphatic rings. The maximum absolute atomic E-state index is 2.64. The topological polar surface area (TPSA) is 3.24 Å². The summed E-state index contributed by atoms with van der Waals surface area (Å²) in [5.41, 5.74) is 18.7. The lowest BCUT2D eigenvalue weighted by Gasteiger charge is -2.34. The summed E-state index contributed by atoms with van der Waals surface area (Å²) in [5, 5.41) is 5.13. The van der Waals surface area contributed by atoms with E-state index < -0.39 is 0 Å². The second-order valence-corrected chi connectivity index (χ2v) is 16.8. The van der Waals surface area contributed by atoms with Gasteiger partial charge >= 0.3 is 0 Å². The van der Waals surface area contributed by atoms with Crippen LogP contribution in [0.3, 0.4) is 0 Å². The van der Waals surface area contributed by atoms with Gasteiger partial charge in [0.15, 0.2) is 0 Å². The molecule has 272 valence electrons. The molecule has 1 heteroatoms. The highest BCUT2D eigenvalue weighted by Crippen LogP contribution is 2.61. The van der Waals surface area contributed by atoms with E-state index in [9.17, 15) is 0 Å². The maximum atomic E-state index is 2.64. The van der Waals surface area contributed by atoms with Crippen molar-refractivity contribution in [1.82, 2.24) is 0 Å². The zero-order valence-electron chi connectivity index (χ0n) is 32.8. The van der Waals surface area contributed by atoms with Gasteiger partial charge in [-0.25, -0.2) is 0 Å². The first kappa shape index (κ1) is 33.6. The molecule has 0 bridgehead atoms. The largest absolute Gasteiger partial charge is 0.309 e. The van der Waals surface area contributed by atoms with Crippen molar-refractivity contribution in [3.05, 3.63) is 210 Å². The summed E-state index contributed by atoms with van der Waals surface area (Å²) in [6, 6.07) is 70.0. The Kier molecular flexibility index (Phi) is 7.32. The van der Waals surface area contributed by atoms with Gasteiger partial charge in [0, 0.05) is 27.5 Å². The molecule has 0 spiro atoms. The van der Waals surface area contributed by atoms with Crippen molar-refractivity contribution in [3.63, 3.8) is 0 Å². The molecule has 1 nitrogen and oxygen atoms in total. The molecule has 0 saturated heterocycles. The zero-order chi connectivity index (χ0) is 38.5.